The molecule has 0 saturated carbocycles. The minimum absolute atomic E-state index is 0.0425. The van der Waals surface area contributed by atoms with Crippen LogP contribution < -0.4 is 16.0 Å². The van der Waals surface area contributed by atoms with Crippen molar-refractivity contribution in [3.63, 3.8) is 0 Å². The maximum absolute atomic E-state index is 13.5. The van der Waals surface area contributed by atoms with E-state index in [0.29, 0.717) is 19.3 Å². The average Bonchev–Trinajstić information content (AvgIpc) is 3.70. The maximum Gasteiger partial charge on any atom is 0.305 e. The molecule has 7 heteroatoms. The minimum atomic E-state index is -0.226. The van der Waals surface area contributed by atoms with Crippen molar-refractivity contribution < 1.29 is 14.3 Å². The zero-order chi connectivity index (χ0) is 29.2. The van der Waals surface area contributed by atoms with Gasteiger partial charge >= 0.3 is 5.97 Å². The number of allylic oxidation sites excluding steroid dienone is 3. The molecule has 3 aliphatic rings. The maximum atomic E-state index is 13.5. The monoisotopic (exact) mass is 550 g/mol. The Bertz CT molecular complexity index is 1820. The second kappa shape index (κ2) is 9.98. The number of esters is 1. The molecule has 7 nitrogen and oxygen atoms in total. The van der Waals surface area contributed by atoms with Crippen molar-refractivity contribution in [2.75, 3.05) is 7.11 Å². The molecule has 41 heavy (non-hydrogen) atoms. The summed E-state index contributed by atoms with van der Waals surface area (Å²) >= 11 is 0. The standard InChI is InChI=1S/C34H38N4O3/c1-8-20-16(3)24-13-26-18(5)22(10-11-31(40)41-7)33(37-26)23-12-30(39)32-19(6)27(38-34(23)32)15-29-21(9-2)17(4)25(36-29)14-28(20)35-24/h8,13-15,18,22,35-38H,1,9-12H2,2-7H3/b25-14-,26-13-,29-15-,33-23-. The lowest BCUT2D eigenvalue weighted by Gasteiger charge is -2.17. The molecule has 2 unspecified atom stereocenters. The van der Waals surface area contributed by atoms with Crippen LogP contribution in [0.4, 0.5) is 0 Å². The first-order chi connectivity index (χ1) is 19.7. The van der Waals surface area contributed by atoms with E-state index >= 15 is 0 Å². The van der Waals surface area contributed by atoms with E-state index in [4.69, 9.17) is 4.74 Å². The van der Waals surface area contributed by atoms with Gasteiger partial charge in [-0.2, -0.15) is 0 Å². The van der Waals surface area contributed by atoms with Crippen LogP contribution in [0.5, 0.6) is 0 Å². The fraction of sp³-hybridized carbons (Fsp3) is 0.353. The number of methoxy groups -OCH3 is 1. The zero-order valence-corrected chi connectivity index (χ0v) is 24.7. The lowest BCUT2D eigenvalue weighted by Crippen LogP contribution is -2.13. The molecular weight excluding hydrogens is 512 g/mol. The summed E-state index contributed by atoms with van der Waals surface area (Å²) in [5, 5.41) is 5.82. The van der Waals surface area contributed by atoms with Gasteiger partial charge in [-0.05, 0) is 74.1 Å². The summed E-state index contributed by atoms with van der Waals surface area (Å²) in [4.78, 5) is 36.6. The smallest absolute Gasteiger partial charge is 0.305 e. The number of Topliss-reactive ketones (excluding diaryl/α,β-unsaturated/α-hetero) is 1. The Morgan fingerprint density at radius 1 is 1.02 bits per heavy atom. The van der Waals surface area contributed by atoms with E-state index in [0.717, 1.165) is 79.1 Å². The highest BCUT2D eigenvalue weighted by Crippen LogP contribution is 2.45. The van der Waals surface area contributed by atoms with Crippen LogP contribution >= 0.6 is 0 Å². The molecule has 1 fully saturated rings. The van der Waals surface area contributed by atoms with E-state index in [9.17, 15) is 9.59 Å². The van der Waals surface area contributed by atoms with Crippen LogP contribution in [0.25, 0.3) is 29.9 Å². The van der Waals surface area contributed by atoms with Crippen molar-refractivity contribution in [3.8, 4) is 0 Å². The molecule has 2 atom stereocenters. The van der Waals surface area contributed by atoms with Crippen molar-refractivity contribution in [1.82, 2.24) is 20.3 Å². The van der Waals surface area contributed by atoms with Crippen LogP contribution in [0.1, 0.15) is 94.1 Å². The predicted molar refractivity (Wildman–Crippen MR) is 163 cm³/mol. The Morgan fingerprint density at radius 3 is 2.46 bits per heavy atom. The third-order valence-electron chi connectivity index (χ3n) is 9.42. The number of aromatic nitrogens is 3. The van der Waals surface area contributed by atoms with Crippen molar-refractivity contribution in [2.24, 2.45) is 11.8 Å². The highest BCUT2D eigenvalue weighted by atomic mass is 16.5. The molecule has 5 heterocycles. The summed E-state index contributed by atoms with van der Waals surface area (Å²) in [7, 11) is 1.43. The normalized spacial score (nSPS) is 23.8. The molecule has 0 amide bonds. The summed E-state index contributed by atoms with van der Waals surface area (Å²) in [5.41, 5.74) is 13.3. The van der Waals surface area contributed by atoms with Crippen molar-refractivity contribution in [1.29, 1.82) is 0 Å². The number of aromatic amines is 3. The summed E-state index contributed by atoms with van der Waals surface area (Å²) in [6, 6.07) is 0. The first kappa shape index (κ1) is 26.9. The molecule has 1 aliphatic carbocycles. The number of carbonyl (C=O) groups excluding carboxylic acids is 2. The van der Waals surface area contributed by atoms with E-state index in [1.54, 1.807) is 0 Å². The number of rotatable bonds is 5. The number of H-pyrrole nitrogens is 3. The lowest BCUT2D eigenvalue weighted by atomic mass is 9.86. The van der Waals surface area contributed by atoms with E-state index in [1.165, 1.54) is 18.2 Å². The van der Waals surface area contributed by atoms with Gasteiger partial charge in [0.2, 0.25) is 0 Å². The largest absolute Gasteiger partial charge is 0.469 e. The molecule has 0 radical (unpaired) electrons. The van der Waals surface area contributed by atoms with Crippen LogP contribution in [0, 0.1) is 32.6 Å². The van der Waals surface area contributed by atoms with Crippen LogP contribution in [0.3, 0.4) is 0 Å². The number of nitrogens with one attached hydrogen (secondary N) is 4. The summed E-state index contributed by atoms with van der Waals surface area (Å²) in [6.07, 6.45) is 10.6. The Morgan fingerprint density at radius 2 is 1.76 bits per heavy atom. The van der Waals surface area contributed by atoms with Crippen molar-refractivity contribution in [2.45, 2.75) is 60.3 Å². The molecule has 0 spiro atoms. The third-order valence-corrected chi connectivity index (χ3v) is 9.42. The second-order valence-electron chi connectivity index (χ2n) is 11.5. The zero-order valence-electron chi connectivity index (χ0n) is 24.7. The lowest BCUT2D eigenvalue weighted by molar-refractivity contribution is -0.140. The van der Waals surface area contributed by atoms with Crippen molar-refractivity contribution >= 4 is 41.6 Å². The minimum Gasteiger partial charge on any atom is -0.469 e. The topological polar surface area (TPSA) is 103 Å². The van der Waals surface area contributed by atoms with Gasteiger partial charge in [-0.25, -0.2) is 0 Å². The molecule has 2 aliphatic heterocycles. The molecule has 8 bridgehead atoms. The van der Waals surface area contributed by atoms with Gasteiger partial charge in [0.25, 0.3) is 0 Å². The first-order valence-corrected chi connectivity index (χ1v) is 14.5. The third kappa shape index (κ3) is 4.17. The van der Waals surface area contributed by atoms with Crippen LogP contribution in [-0.2, 0) is 16.0 Å². The fourth-order valence-corrected chi connectivity index (χ4v) is 6.99. The Labute approximate surface area is 240 Å². The van der Waals surface area contributed by atoms with Gasteiger partial charge in [-0.3, -0.25) is 9.59 Å². The van der Waals surface area contributed by atoms with Gasteiger partial charge < -0.3 is 25.0 Å². The number of fused-ring (bicyclic) bond motifs is 7. The summed E-state index contributed by atoms with van der Waals surface area (Å²) < 4.78 is 4.97. The number of hydrogen-bond donors (Lipinski definition) is 4. The Balaban J connectivity index is 1.67. The number of hydrogen-bond acceptors (Lipinski definition) is 4. The number of ether oxygens (including phenoxy) is 1. The van der Waals surface area contributed by atoms with Crippen LogP contribution in [-0.4, -0.2) is 33.8 Å². The van der Waals surface area contributed by atoms with Gasteiger partial charge in [0.1, 0.15) is 0 Å². The van der Waals surface area contributed by atoms with Gasteiger partial charge in [-0.1, -0.05) is 26.5 Å². The molecule has 4 N–H and O–H groups in total. The Kier molecular flexibility index (Phi) is 6.56. The average molecular weight is 551 g/mol. The SMILES string of the molecule is C=Cc1c2[nH]c(c1C)/C=C1\N/C(=C3/CC(=O)c4c3[nH]c(c4C)/C=c3\[nH]/c(c(C)c3CC)=C\2)C(CCC(=O)OC)C1C. The van der Waals surface area contributed by atoms with Gasteiger partial charge in [0.15, 0.2) is 5.78 Å². The van der Waals surface area contributed by atoms with Crippen molar-refractivity contribution in [3.05, 3.63) is 84.8 Å². The molecular formula is C34H38N4O3. The molecule has 6 rings (SSSR count). The van der Waals surface area contributed by atoms with Gasteiger partial charge in [-0.15, -0.1) is 0 Å². The Hall–Kier alpha value is -4.26. The van der Waals surface area contributed by atoms with Gasteiger partial charge in [0, 0.05) is 80.6 Å². The predicted octanol–water partition coefficient (Wildman–Crippen LogP) is 4.92. The molecule has 1 saturated heterocycles. The van der Waals surface area contributed by atoms with Crippen LogP contribution in [0.2, 0.25) is 0 Å². The molecule has 212 valence electrons. The highest BCUT2D eigenvalue weighted by molar-refractivity contribution is 6.13. The number of carbonyl (C=O) groups is 2. The second-order valence-corrected chi connectivity index (χ2v) is 11.5. The van der Waals surface area contributed by atoms with Gasteiger partial charge in [0.05, 0.1) is 12.8 Å². The van der Waals surface area contributed by atoms with E-state index in [2.05, 4.69) is 72.8 Å². The summed E-state index contributed by atoms with van der Waals surface area (Å²) in [5.74, 6) is 0.0574. The quantitative estimate of drug-likeness (QED) is 0.339. The van der Waals surface area contributed by atoms with E-state index in [1.807, 2.05) is 13.0 Å². The summed E-state index contributed by atoms with van der Waals surface area (Å²) in [6.45, 7) is 14.8. The molecule has 3 aromatic rings. The molecule has 0 aromatic carbocycles. The van der Waals surface area contributed by atoms with E-state index < -0.39 is 0 Å². The molecule has 3 aromatic heterocycles. The first-order valence-electron chi connectivity index (χ1n) is 14.5. The highest BCUT2D eigenvalue weighted by Gasteiger charge is 2.39. The van der Waals surface area contributed by atoms with Crippen LogP contribution in [0.15, 0.2) is 18.0 Å². The number of ketones is 1. The van der Waals surface area contributed by atoms with E-state index in [-0.39, 0.29) is 23.6 Å². The fourth-order valence-electron chi connectivity index (χ4n) is 6.99.